The maximum Gasteiger partial charge on any atom is 0.258 e. The lowest BCUT2D eigenvalue weighted by Crippen LogP contribution is -2.33. The summed E-state index contributed by atoms with van der Waals surface area (Å²) < 4.78 is 3.64. The first-order chi connectivity index (χ1) is 12.1. The van der Waals surface area contributed by atoms with Crippen molar-refractivity contribution in [3.8, 4) is 0 Å². The van der Waals surface area contributed by atoms with Gasteiger partial charge in [0.25, 0.3) is 5.56 Å². The van der Waals surface area contributed by atoms with Gasteiger partial charge in [0.1, 0.15) is 5.65 Å². The van der Waals surface area contributed by atoms with E-state index in [1.807, 2.05) is 36.1 Å². The largest absolute Gasteiger partial charge is 0.293 e. The van der Waals surface area contributed by atoms with Crippen LogP contribution in [0.5, 0.6) is 0 Å². The molecular formula is C19H23N5O. The average molecular weight is 337 g/mol. The van der Waals surface area contributed by atoms with Crippen LogP contribution in [-0.2, 0) is 13.1 Å². The highest BCUT2D eigenvalue weighted by Crippen LogP contribution is 2.21. The van der Waals surface area contributed by atoms with Crippen molar-refractivity contribution in [2.45, 2.75) is 45.8 Å². The van der Waals surface area contributed by atoms with Gasteiger partial charge in [-0.05, 0) is 50.4 Å². The van der Waals surface area contributed by atoms with Crippen LogP contribution in [0.2, 0.25) is 0 Å². The Morgan fingerprint density at radius 3 is 2.88 bits per heavy atom. The molecule has 3 aromatic rings. The van der Waals surface area contributed by atoms with Crippen LogP contribution in [0.25, 0.3) is 5.65 Å². The van der Waals surface area contributed by atoms with Crippen molar-refractivity contribution in [2.24, 2.45) is 0 Å². The van der Waals surface area contributed by atoms with Gasteiger partial charge in [0, 0.05) is 31.0 Å². The lowest BCUT2D eigenvalue weighted by Gasteiger charge is -2.24. The minimum Gasteiger partial charge on any atom is -0.293 e. The van der Waals surface area contributed by atoms with Gasteiger partial charge in [-0.3, -0.25) is 18.8 Å². The van der Waals surface area contributed by atoms with Crippen molar-refractivity contribution in [2.75, 3.05) is 6.54 Å². The number of nitrogens with zero attached hydrogens (tertiary/aromatic N) is 5. The molecule has 0 aliphatic carbocycles. The Morgan fingerprint density at radius 1 is 1.20 bits per heavy atom. The first kappa shape index (κ1) is 16.0. The lowest BCUT2D eigenvalue weighted by atomic mass is 10.2. The highest BCUT2D eigenvalue weighted by atomic mass is 16.1. The summed E-state index contributed by atoms with van der Waals surface area (Å²) in [5.41, 5.74) is 3.79. The third-order valence-corrected chi connectivity index (χ3v) is 4.88. The molecule has 1 aliphatic rings. The first-order valence-corrected chi connectivity index (χ1v) is 8.80. The number of hydrogen-bond donors (Lipinski definition) is 0. The molecule has 1 fully saturated rings. The fourth-order valence-electron chi connectivity index (χ4n) is 3.64. The maximum atomic E-state index is 12.4. The number of likely N-dealkylation sites (tertiary alicyclic amines) is 1. The molecule has 3 aromatic heterocycles. The fraction of sp³-hybridized carbons (Fsp3) is 0.421. The van der Waals surface area contributed by atoms with Crippen LogP contribution in [0.4, 0.5) is 0 Å². The summed E-state index contributed by atoms with van der Waals surface area (Å²) >= 11 is 0. The zero-order valence-electron chi connectivity index (χ0n) is 14.7. The Kier molecular flexibility index (Phi) is 4.13. The normalized spacial score (nSPS) is 18.2. The predicted octanol–water partition coefficient (Wildman–Crippen LogP) is 2.17. The summed E-state index contributed by atoms with van der Waals surface area (Å²) in [6, 6.07) is 6.01. The zero-order valence-corrected chi connectivity index (χ0v) is 14.7. The van der Waals surface area contributed by atoms with Crippen LogP contribution in [0, 0.1) is 13.8 Å². The van der Waals surface area contributed by atoms with Crippen LogP contribution in [0.3, 0.4) is 0 Å². The predicted molar refractivity (Wildman–Crippen MR) is 96.6 cm³/mol. The van der Waals surface area contributed by atoms with Gasteiger partial charge in [-0.1, -0.05) is 6.07 Å². The molecule has 0 bridgehead atoms. The van der Waals surface area contributed by atoms with E-state index in [0.717, 1.165) is 30.8 Å². The summed E-state index contributed by atoms with van der Waals surface area (Å²) in [5.74, 6) is 0. The number of rotatable bonds is 4. The molecule has 25 heavy (non-hydrogen) atoms. The molecule has 1 atom stereocenters. The second kappa shape index (κ2) is 6.44. The quantitative estimate of drug-likeness (QED) is 0.732. The molecule has 0 saturated carbocycles. The van der Waals surface area contributed by atoms with E-state index >= 15 is 0 Å². The lowest BCUT2D eigenvalue weighted by molar-refractivity contribution is 0.217. The van der Waals surface area contributed by atoms with E-state index in [2.05, 4.69) is 28.1 Å². The average Bonchev–Trinajstić information content (AvgIpc) is 3.18. The highest BCUT2D eigenvalue weighted by Gasteiger charge is 2.25. The van der Waals surface area contributed by atoms with Gasteiger partial charge < -0.3 is 0 Å². The number of pyridine rings is 1. The molecule has 0 N–H and O–H groups in total. The fourth-order valence-corrected chi connectivity index (χ4v) is 3.64. The third-order valence-electron chi connectivity index (χ3n) is 4.88. The minimum absolute atomic E-state index is 0.0119. The van der Waals surface area contributed by atoms with E-state index in [1.165, 1.54) is 12.0 Å². The molecule has 4 rings (SSSR count). The number of fused-ring (bicyclic) bond motifs is 1. The first-order valence-electron chi connectivity index (χ1n) is 8.80. The topological polar surface area (TPSA) is 55.4 Å². The molecule has 0 aromatic carbocycles. The molecule has 6 nitrogen and oxygen atoms in total. The van der Waals surface area contributed by atoms with E-state index < -0.39 is 0 Å². The van der Waals surface area contributed by atoms with Gasteiger partial charge in [0.2, 0.25) is 0 Å². The van der Waals surface area contributed by atoms with Crippen LogP contribution < -0.4 is 5.56 Å². The molecule has 0 spiro atoms. The zero-order chi connectivity index (χ0) is 17.4. The smallest absolute Gasteiger partial charge is 0.258 e. The van der Waals surface area contributed by atoms with E-state index in [9.17, 15) is 4.79 Å². The number of aromatic nitrogens is 4. The van der Waals surface area contributed by atoms with E-state index in [1.54, 1.807) is 10.5 Å². The summed E-state index contributed by atoms with van der Waals surface area (Å²) in [6.45, 7) is 6.68. The molecule has 4 heterocycles. The number of aryl methyl sites for hydroxylation is 2. The summed E-state index contributed by atoms with van der Waals surface area (Å²) in [5, 5.41) is 4.41. The standard InChI is InChI=1S/C19H23N5O/c1-14-5-6-18-21-16(8-19(25)24(18)11-14)12-22-7-3-4-17(22)13-23-10-15(2)9-20-23/h5-6,8-11,17H,3-4,7,12-13H2,1-2H3. The maximum absolute atomic E-state index is 12.4. The van der Waals surface area contributed by atoms with Crippen molar-refractivity contribution < 1.29 is 0 Å². The summed E-state index contributed by atoms with van der Waals surface area (Å²) in [6.07, 6.45) is 8.15. The van der Waals surface area contributed by atoms with Crippen molar-refractivity contribution in [3.05, 3.63) is 64.0 Å². The third kappa shape index (κ3) is 3.35. The molecule has 1 saturated heterocycles. The second-order valence-corrected chi connectivity index (χ2v) is 7.03. The van der Waals surface area contributed by atoms with E-state index in [4.69, 9.17) is 0 Å². The molecule has 0 radical (unpaired) electrons. The Bertz CT molecular complexity index is 958. The minimum atomic E-state index is -0.0119. The second-order valence-electron chi connectivity index (χ2n) is 7.03. The molecule has 0 amide bonds. The molecule has 1 unspecified atom stereocenters. The molecular weight excluding hydrogens is 314 g/mol. The van der Waals surface area contributed by atoms with Gasteiger partial charge >= 0.3 is 0 Å². The Labute approximate surface area is 146 Å². The Hall–Kier alpha value is -2.47. The Balaban J connectivity index is 1.55. The van der Waals surface area contributed by atoms with Crippen molar-refractivity contribution in [1.29, 1.82) is 0 Å². The molecule has 130 valence electrons. The van der Waals surface area contributed by atoms with Crippen molar-refractivity contribution in [1.82, 2.24) is 24.1 Å². The van der Waals surface area contributed by atoms with Gasteiger partial charge in [-0.25, -0.2) is 4.98 Å². The van der Waals surface area contributed by atoms with Crippen LogP contribution >= 0.6 is 0 Å². The molecule has 6 heteroatoms. The van der Waals surface area contributed by atoms with Gasteiger partial charge in [0.05, 0.1) is 18.4 Å². The SMILES string of the molecule is Cc1cnn(CC2CCCN2Cc2cc(=O)n3cc(C)ccc3n2)c1. The van der Waals surface area contributed by atoms with Crippen molar-refractivity contribution >= 4 is 5.65 Å². The van der Waals surface area contributed by atoms with Crippen molar-refractivity contribution in [3.63, 3.8) is 0 Å². The van der Waals surface area contributed by atoms with Gasteiger partial charge in [0.15, 0.2) is 0 Å². The van der Waals surface area contributed by atoms with E-state index in [0.29, 0.717) is 18.2 Å². The highest BCUT2D eigenvalue weighted by molar-refractivity contribution is 5.39. The van der Waals surface area contributed by atoms with E-state index in [-0.39, 0.29) is 5.56 Å². The van der Waals surface area contributed by atoms with Crippen LogP contribution in [0.1, 0.15) is 29.7 Å². The summed E-state index contributed by atoms with van der Waals surface area (Å²) in [4.78, 5) is 19.5. The molecule has 1 aliphatic heterocycles. The van der Waals surface area contributed by atoms with Crippen LogP contribution in [0.15, 0.2) is 41.6 Å². The van der Waals surface area contributed by atoms with Gasteiger partial charge in [-0.2, -0.15) is 5.10 Å². The monoisotopic (exact) mass is 337 g/mol. The summed E-state index contributed by atoms with van der Waals surface area (Å²) in [7, 11) is 0. The Morgan fingerprint density at radius 2 is 2.08 bits per heavy atom. The van der Waals surface area contributed by atoms with Gasteiger partial charge in [-0.15, -0.1) is 0 Å². The van der Waals surface area contributed by atoms with Crippen LogP contribution in [-0.4, -0.2) is 36.7 Å². The number of hydrogen-bond acceptors (Lipinski definition) is 4.